The second-order valence-corrected chi connectivity index (χ2v) is 10.4. The van der Waals surface area contributed by atoms with Gasteiger partial charge in [-0.3, -0.25) is 4.79 Å². The summed E-state index contributed by atoms with van der Waals surface area (Å²) in [7, 11) is -4.00. The number of halogens is 3. The van der Waals surface area contributed by atoms with E-state index in [4.69, 9.17) is 5.11 Å². The molecule has 0 aliphatic carbocycles. The molecule has 0 bridgehead atoms. The minimum absolute atomic E-state index is 0.0120. The Morgan fingerprint density at radius 1 is 1.03 bits per heavy atom. The summed E-state index contributed by atoms with van der Waals surface area (Å²) in [4.78, 5) is 32.2. The molecule has 1 N–H and O–H groups in total. The SMILES string of the molecule is O=C(O)c1ccc(S(=O)(=O)N2CCC[C@H]2C(=O)CCc2cc(-c3ccc(C(F)(F)F)cc3)ncn2)cc1. The molecule has 2 aromatic carbocycles. The Hall–Kier alpha value is -3.64. The van der Waals surface area contributed by atoms with Gasteiger partial charge in [-0.1, -0.05) is 12.1 Å². The Bertz CT molecular complexity index is 1410. The second kappa shape index (κ2) is 10.4. The number of ketones is 1. The van der Waals surface area contributed by atoms with Crippen LogP contribution in [-0.2, 0) is 27.4 Å². The maximum atomic E-state index is 13.1. The number of hydrogen-bond acceptors (Lipinski definition) is 6. The van der Waals surface area contributed by atoms with E-state index in [1.807, 2.05) is 0 Å². The van der Waals surface area contributed by atoms with Gasteiger partial charge < -0.3 is 5.11 Å². The van der Waals surface area contributed by atoms with Gasteiger partial charge in [0.2, 0.25) is 10.0 Å². The summed E-state index contributed by atoms with van der Waals surface area (Å²) in [5.74, 6) is -1.46. The van der Waals surface area contributed by atoms with Crippen molar-refractivity contribution in [2.24, 2.45) is 0 Å². The van der Waals surface area contributed by atoms with Crippen molar-refractivity contribution in [1.29, 1.82) is 0 Å². The number of sulfonamides is 1. The monoisotopic (exact) mass is 533 g/mol. The van der Waals surface area contributed by atoms with Gasteiger partial charge in [0.1, 0.15) is 6.33 Å². The summed E-state index contributed by atoms with van der Waals surface area (Å²) >= 11 is 0. The summed E-state index contributed by atoms with van der Waals surface area (Å²) in [5.41, 5.74) is 0.541. The minimum atomic E-state index is -4.45. The molecule has 1 atom stereocenters. The zero-order valence-corrected chi connectivity index (χ0v) is 20.2. The van der Waals surface area contributed by atoms with Crippen LogP contribution in [0.5, 0.6) is 0 Å². The summed E-state index contributed by atoms with van der Waals surface area (Å²) in [5, 5.41) is 9.03. The fourth-order valence-electron chi connectivity index (χ4n) is 4.19. The Balaban J connectivity index is 1.44. The lowest BCUT2D eigenvalue weighted by Gasteiger charge is -2.23. The first-order valence-electron chi connectivity index (χ1n) is 11.3. The third-order valence-corrected chi connectivity index (χ3v) is 8.06. The Kier molecular flexibility index (Phi) is 7.42. The molecule has 0 saturated carbocycles. The lowest BCUT2D eigenvalue weighted by Crippen LogP contribution is -2.40. The van der Waals surface area contributed by atoms with Crippen LogP contribution in [0.2, 0.25) is 0 Å². The molecule has 0 amide bonds. The van der Waals surface area contributed by atoms with Crippen molar-refractivity contribution >= 4 is 21.8 Å². The average molecular weight is 534 g/mol. The van der Waals surface area contributed by atoms with E-state index in [2.05, 4.69) is 9.97 Å². The number of Topliss-reactive ketones (excluding diaryl/α,β-unsaturated/α-hetero) is 1. The molecule has 2 heterocycles. The van der Waals surface area contributed by atoms with Gasteiger partial charge in [-0.25, -0.2) is 23.2 Å². The maximum Gasteiger partial charge on any atom is 0.416 e. The molecule has 0 radical (unpaired) electrons. The fourth-order valence-corrected chi connectivity index (χ4v) is 5.87. The quantitative estimate of drug-likeness (QED) is 0.461. The molecule has 0 unspecified atom stereocenters. The number of benzene rings is 2. The van der Waals surface area contributed by atoms with Crippen molar-refractivity contribution in [3.63, 3.8) is 0 Å². The van der Waals surface area contributed by atoms with E-state index in [0.29, 0.717) is 29.8 Å². The van der Waals surface area contributed by atoms with Gasteiger partial charge in [0.15, 0.2) is 5.78 Å². The number of aryl methyl sites for hydroxylation is 1. The lowest BCUT2D eigenvalue weighted by molar-refractivity contribution is -0.137. The number of carboxylic acids is 1. The van der Waals surface area contributed by atoms with Crippen LogP contribution in [0.4, 0.5) is 13.2 Å². The van der Waals surface area contributed by atoms with Crippen molar-refractivity contribution in [2.75, 3.05) is 6.54 Å². The molecule has 194 valence electrons. The normalized spacial score (nSPS) is 16.6. The predicted octanol–water partition coefficient (Wildman–Crippen LogP) is 4.22. The van der Waals surface area contributed by atoms with Crippen molar-refractivity contribution in [3.05, 3.63) is 77.7 Å². The van der Waals surface area contributed by atoms with E-state index in [0.717, 1.165) is 16.4 Å². The van der Waals surface area contributed by atoms with Gasteiger partial charge in [-0.15, -0.1) is 0 Å². The second-order valence-electron chi connectivity index (χ2n) is 8.54. The molecule has 3 aromatic rings. The fraction of sp³-hybridized carbons (Fsp3) is 0.280. The number of aromatic nitrogens is 2. The minimum Gasteiger partial charge on any atom is -0.478 e. The molecule has 1 aromatic heterocycles. The van der Waals surface area contributed by atoms with Crippen molar-refractivity contribution in [1.82, 2.24) is 14.3 Å². The molecule has 37 heavy (non-hydrogen) atoms. The lowest BCUT2D eigenvalue weighted by atomic mass is 10.0. The highest BCUT2D eigenvalue weighted by atomic mass is 32.2. The largest absolute Gasteiger partial charge is 0.478 e. The van der Waals surface area contributed by atoms with E-state index in [-0.39, 0.29) is 35.6 Å². The van der Waals surface area contributed by atoms with Gasteiger partial charge >= 0.3 is 12.1 Å². The van der Waals surface area contributed by atoms with Crippen LogP contribution in [0.3, 0.4) is 0 Å². The summed E-state index contributed by atoms with van der Waals surface area (Å²) < 4.78 is 65.8. The van der Waals surface area contributed by atoms with Crippen LogP contribution in [-0.4, -0.2) is 52.1 Å². The van der Waals surface area contributed by atoms with Crippen molar-refractivity contribution in [3.8, 4) is 11.3 Å². The zero-order chi connectivity index (χ0) is 26.8. The van der Waals surface area contributed by atoms with Gasteiger partial charge in [0, 0.05) is 24.2 Å². The van der Waals surface area contributed by atoms with Crippen LogP contribution in [0.1, 0.15) is 40.9 Å². The number of alkyl halides is 3. The number of nitrogens with zero attached hydrogens (tertiary/aromatic N) is 3. The summed E-state index contributed by atoms with van der Waals surface area (Å²) in [6, 6.07) is 10.1. The number of rotatable bonds is 8. The van der Waals surface area contributed by atoms with Gasteiger partial charge in [-0.05, 0) is 61.7 Å². The molecular formula is C25H22F3N3O5S. The standard InChI is InChI=1S/C25H22F3N3O5S/c26-25(27,28)18-7-3-16(4-8-18)21-14-19(29-15-30-21)9-12-23(32)22-2-1-13-31(22)37(35,36)20-10-5-17(6-11-20)24(33)34/h3-8,10-11,14-15,22H,1-2,9,12-13H2,(H,33,34)/t22-/m0/s1. The van der Waals surface area contributed by atoms with Crippen LogP contribution < -0.4 is 0 Å². The molecule has 8 nitrogen and oxygen atoms in total. The molecule has 4 rings (SSSR count). The van der Waals surface area contributed by atoms with Crippen molar-refractivity contribution < 1.29 is 36.3 Å². The van der Waals surface area contributed by atoms with E-state index in [1.54, 1.807) is 6.07 Å². The highest BCUT2D eigenvalue weighted by Crippen LogP contribution is 2.31. The van der Waals surface area contributed by atoms with Gasteiger partial charge in [-0.2, -0.15) is 17.5 Å². The molecule has 1 aliphatic heterocycles. The molecular weight excluding hydrogens is 511 g/mol. The number of carbonyl (C=O) groups excluding carboxylic acids is 1. The van der Waals surface area contributed by atoms with Crippen LogP contribution in [0.15, 0.2) is 65.8 Å². The first-order valence-corrected chi connectivity index (χ1v) is 12.8. The summed E-state index contributed by atoms with van der Waals surface area (Å²) in [6.45, 7) is 0.172. The number of carboxylic acid groups (broad SMARTS) is 1. The topological polar surface area (TPSA) is 118 Å². The predicted molar refractivity (Wildman–Crippen MR) is 126 cm³/mol. The van der Waals surface area contributed by atoms with Crippen LogP contribution >= 0.6 is 0 Å². The number of hydrogen-bond donors (Lipinski definition) is 1. The van der Waals surface area contributed by atoms with E-state index in [1.165, 1.54) is 42.7 Å². The third-order valence-electron chi connectivity index (χ3n) is 6.14. The molecule has 1 saturated heterocycles. The average Bonchev–Trinajstić information content (AvgIpc) is 3.38. The van der Waals surface area contributed by atoms with Gasteiger partial charge in [0.25, 0.3) is 0 Å². The zero-order valence-electron chi connectivity index (χ0n) is 19.4. The smallest absolute Gasteiger partial charge is 0.416 e. The Morgan fingerprint density at radius 3 is 2.32 bits per heavy atom. The van der Waals surface area contributed by atoms with Gasteiger partial charge in [0.05, 0.1) is 27.8 Å². The maximum absolute atomic E-state index is 13.1. The first-order chi connectivity index (χ1) is 17.5. The highest BCUT2D eigenvalue weighted by Gasteiger charge is 2.39. The number of aromatic carboxylic acids is 1. The third kappa shape index (κ3) is 5.86. The van der Waals surface area contributed by atoms with Crippen LogP contribution in [0.25, 0.3) is 11.3 Å². The first kappa shape index (κ1) is 26.4. The molecule has 1 fully saturated rings. The molecule has 1 aliphatic rings. The van der Waals surface area contributed by atoms with Crippen molar-refractivity contribution in [2.45, 2.75) is 42.8 Å². The highest BCUT2D eigenvalue weighted by molar-refractivity contribution is 7.89. The Labute approximate surface area is 210 Å². The molecule has 0 spiro atoms. The van der Waals surface area contributed by atoms with E-state index < -0.39 is 33.8 Å². The van der Waals surface area contributed by atoms with E-state index >= 15 is 0 Å². The van der Waals surface area contributed by atoms with E-state index in [9.17, 15) is 31.2 Å². The molecule has 12 heteroatoms. The van der Waals surface area contributed by atoms with Crippen LogP contribution in [0, 0.1) is 0 Å². The number of carbonyl (C=O) groups is 2. The summed E-state index contributed by atoms with van der Waals surface area (Å²) in [6.07, 6.45) is -2.09. The Morgan fingerprint density at radius 2 is 1.70 bits per heavy atom.